The molecule has 152 valence electrons. The first-order valence-electron chi connectivity index (χ1n) is 8.96. The minimum absolute atomic E-state index is 0.0455. The van der Waals surface area contributed by atoms with Crippen LogP contribution < -0.4 is 10.8 Å². The summed E-state index contributed by atoms with van der Waals surface area (Å²) in [5.41, 5.74) is 0.770. The fourth-order valence-corrected chi connectivity index (χ4v) is 2.62. The third-order valence-corrected chi connectivity index (χ3v) is 4.37. The van der Waals surface area contributed by atoms with Crippen LogP contribution in [0.15, 0.2) is 24.3 Å². The molecule has 1 aliphatic rings. The first-order valence-corrected chi connectivity index (χ1v) is 8.96. The van der Waals surface area contributed by atoms with Crippen LogP contribution in [0.4, 0.5) is 0 Å². The standard InChI is InChI=1S/C21H23N3O5/c1-14(25)24-12-16(13-24)7-5-4-6-15-8-10-17(11-9-15)19(26)22-18(20(27)23-29)21(2,3)28/h8-11,16,18,28-29H,12-13H2,1-3H3,(H,22,26)(H,23,27)/t18-/m1/s1. The molecule has 0 aliphatic carbocycles. The van der Waals surface area contributed by atoms with Crippen molar-refractivity contribution >= 4 is 17.7 Å². The third kappa shape index (κ3) is 6.08. The molecule has 1 saturated heterocycles. The number of amides is 3. The summed E-state index contributed by atoms with van der Waals surface area (Å²) < 4.78 is 0. The number of nitrogens with zero attached hydrogens (tertiary/aromatic N) is 1. The topological polar surface area (TPSA) is 119 Å². The van der Waals surface area contributed by atoms with Crippen molar-refractivity contribution in [2.45, 2.75) is 32.4 Å². The Morgan fingerprint density at radius 1 is 1.17 bits per heavy atom. The number of benzene rings is 1. The number of likely N-dealkylation sites (tertiary alicyclic amines) is 1. The van der Waals surface area contributed by atoms with Gasteiger partial charge in [-0.2, -0.15) is 0 Å². The first kappa shape index (κ1) is 22.0. The smallest absolute Gasteiger partial charge is 0.268 e. The highest BCUT2D eigenvalue weighted by Crippen LogP contribution is 2.14. The van der Waals surface area contributed by atoms with E-state index < -0.39 is 23.5 Å². The SMILES string of the molecule is CC(=O)N1CC(C#CC#Cc2ccc(C(=O)N[C@H](C(=O)NO)C(C)(C)O)cc2)C1. The van der Waals surface area contributed by atoms with Crippen molar-refractivity contribution in [1.82, 2.24) is 15.7 Å². The molecule has 3 amide bonds. The van der Waals surface area contributed by atoms with Gasteiger partial charge in [-0.25, -0.2) is 5.48 Å². The number of nitrogens with one attached hydrogen (secondary N) is 2. The molecule has 0 bridgehead atoms. The summed E-state index contributed by atoms with van der Waals surface area (Å²) in [5, 5.41) is 21.2. The molecule has 29 heavy (non-hydrogen) atoms. The maximum atomic E-state index is 12.3. The maximum Gasteiger partial charge on any atom is 0.268 e. The quantitative estimate of drug-likeness (QED) is 0.321. The molecule has 0 radical (unpaired) electrons. The van der Waals surface area contributed by atoms with Crippen molar-refractivity contribution < 1.29 is 24.7 Å². The van der Waals surface area contributed by atoms with Gasteiger partial charge in [-0.3, -0.25) is 19.6 Å². The van der Waals surface area contributed by atoms with Gasteiger partial charge in [0.05, 0.1) is 11.5 Å². The zero-order valence-corrected chi connectivity index (χ0v) is 16.4. The highest BCUT2D eigenvalue weighted by atomic mass is 16.5. The van der Waals surface area contributed by atoms with Crippen LogP contribution in [0.1, 0.15) is 36.7 Å². The third-order valence-electron chi connectivity index (χ3n) is 4.37. The molecule has 1 aromatic rings. The van der Waals surface area contributed by atoms with Crippen molar-refractivity contribution in [3.63, 3.8) is 0 Å². The van der Waals surface area contributed by atoms with Gasteiger partial charge in [0, 0.05) is 31.1 Å². The average Bonchev–Trinajstić information content (AvgIpc) is 2.62. The first-order chi connectivity index (χ1) is 13.6. The van der Waals surface area contributed by atoms with Crippen molar-refractivity contribution in [2.75, 3.05) is 13.1 Å². The Balaban J connectivity index is 1.96. The van der Waals surface area contributed by atoms with Crippen LogP contribution in [0.5, 0.6) is 0 Å². The van der Waals surface area contributed by atoms with Crippen LogP contribution in [0.2, 0.25) is 0 Å². The second kappa shape index (κ2) is 9.24. The molecule has 1 atom stereocenters. The van der Waals surface area contributed by atoms with Gasteiger partial charge in [0.25, 0.3) is 11.8 Å². The monoisotopic (exact) mass is 397 g/mol. The Bertz CT molecular complexity index is 904. The molecular formula is C21H23N3O5. The Hall–Kier alpha value is -3.33. The van der Waals surface area contributed by atoms with E-state index in [1.807, 2.05) is 0 Å². The molecule has 8 nitrogen and oxygen atoms in total. The number of carbonyl (C=O) groups is 3. The zero-order chi connectivity index (χ0) is 21.6. The summed E-state index contributed by atoms with van der Waals surface area (Å²) >= 11 is 0. The zero-order valence-electron chi connectivity index (χ0n) is 16.4. The van der Waals surface area contributed by atoms with Crippen molar-refractivity contribution in [1.29, 1.82) is 0 Å². The van der Waals surface area contributed by atoms with Crippen LogP contribution in [-0.4, -0.2) is 57.7 Å². The summed E-state index contributed by atoms with van der Waals surface area (Å²) in [5.74, 6) is 10.1. The van der Waals surface area contributed by atoms with Gasteiger partial charge in [0.15, 0.2) is 0 Å². The van der Waals surface area contributed by atoms with Crippen LogP contribution in [0.3, 0.4) is 0 Å². The van der Waals surface area contributed by atoms with Gasteiger partial charge in [-0.05, 0) is 50.0 Å². The summed E-state index contributed by atoms with van der Waals surface area (Å²) in [6, 6.07) is 4.99. The predicted octanol–water partition coefficient (Wildman–Crippen LogP) is -0.105. The molecule has 1 aromatic carbocycles. The molecule has 8 heteroatoms. The van der Waals surface area contributed by atoms with E-state index in [0.29, 0.717) is 18.7 Å². The molecule has 0 aromatic heterocycles. The second-order valence-electron chi connectivity index (χ2n) is 7.25. The van der Waals surface area contributed by atoms with E-state index in [0.717, 1.165) is 0 Å². The van der Waals surface area contributed by atoms with Crippen LogP contribution in [0.25, 0.3) is 0 Å². The molecular weight excluding hydrogens is 374 g/mol. The van der Waals surface area contributed by atoms with Gasteiger partial charge >= 0.3 is 0 Å². The van der Waals surface area contributed by atoms with Crippen molar-refractivity contribution in [2.24, 2.45) is 5.92 Å². The molecule has 1 fully saturated rings. The van der Waals surface area contributed by atoms with E-state index >= 15 is 0 Å². The number of hydrogen-bond acceptors (Lipinski definition) is 5. The van der Waals surface area contributed by atoms with Crippen LogP contribution in [-0.2, 0) is 9.59 Å². The van der Waals surface area contributed by atoms with E-state index in [1.54, 1.807) is 17.0 Å². The van der Waals surface area contributed by atoms with Gasteiger partial charge in [-0.1, -0.05) is 11.8 Å². The van der Waals surface area contributed by atoms with Crippen LogP contribution in [0, 0.1) is 29.6 Å². The normalized spacial score (nSPS) is 14.3. The lowest BCUT2D eigenvalue weighted by molar-refractivity contribution is -0.136. The summed E-state index contributed by atoms with van der Waals surface area (Å²) in [6.07, 6.45) is 0. The fourth-order valence-electron chi connectivity index (χ4n) is 2.62. The second-order valence-corrected chi connectivity index (χ2v) is 7.25. The van der Waals surface area contributed by atoms with Crippen LogP contribution >= 0.6 is 0 Å². The number of carbonyl (C=O) groups excluding carboxylic acids is 3. The highest BCUT2D eigenvalue weighted by molar-refractivity contribution is 5.97. The molecule has 0 spiro atoms. The van der Waals surface area contributed by atoms with Gasteiger partial charge < -0.3 is 15.3 Å². The maximum absolute atomic E-state index is 12.3. The molecule has 0 saturated carbocycles. The molecule has 2 rings (SSSR count). The average molecular weight is 397 g/mol. The van der Waals surface area contributed by atoms with E-state index in [2.05, 4.69) is 29.0 Å². The molecule has 1 aliphatic heterocycles. The highest BCUT2D eigenvalue weighted by Gasteiger charge is 2.34. The van der Waals surface area contributed by atoms with E-state index in [-0.39, 0.29) is 17.4 Å². The summed E-state index contributed by atoms with van der Waals surface area (Å²) in [6.45, 7) is 5.48. The fraction of sp³-hybridized carbons (Fsp3) is 0.381. The van der Waals surface area contributed by atoms with Gasteiger partial charge in [0.2, 0.25) is 5.91 Å². The number of hydroxylamine groups is 1. The van der Waals surface area contributed by atoms with E-state index in [9.17, 15) is 19.5 Å². The lowest BCUT2D eigenvalue weighted by Crippen LogP contribution is -2.57. The Morgan fingerprint density at radius 3 is 2.31 bits per heavy atom. The molecule has 1 heterocycles. The lowest BCUT2D eigenvalue weighted by Gasteiger charge is -2.35. The van der Waals surface area contributed by atoms with Gasteiger partial charge in [-0.15, -0.1) is 0 Å². The minimum Gasteiger partial charge on any atom is -0.388 e. The number of hydrogen-bond donors (Lipinski definition) is 4. The predicted molar refractivity (Wildman–Crippen MR) is 104 cm³/mol. The summed E-state index contributed by atoms with van der Waals surface area (Å²) in [7, 11) is 0. The molecule has 0 unspecified atom stereocenters. The largest absolute Gasteiger partial charge is 0.388 e. The Morgan fingerprint density at radius 2 is 1.79 bits per heavy atom. The van der Waals surface area contributed by atoms with Crippen molar-refractivity contribution in [3.05, 3.63) is 35.4 Å². The minimum atomic E-state index is -1.57. The number of rotatable bonds is 4. The lowest BCUT2D eigenvalue weighted by atomic mass is 9.97. The van der Waals surface area contributed by atoms with E-state index in [1.165, 1.54) is 38.4 Å². The number of aliphatic hydroxyl groups is 1. The molecule has 4 N–H and O–H groups in total. The van der Waals surface area contributed by atoms with Gasteiger partial charge in [0.1, 0.15) is 6.04 Å². The Kier molecular flexibility index (Phi) is 7.00. The van der Waals surface area contributed by atoms with Crippen molar-refractivity contribution in [3.8, 4) is 23.7 Å². The Labute approximate surface area is 169 Å². The summed E-state index contributed by atoms with van der Waals surface area (Å²) in [4.78, 5) is 36.8. The van der Waals surface area contributed by atoms with E-state index in [4.69, 9.17) is 5.21 Å².